The van der Waals surface area contributed by atoms with E-state index in [1.165, 1.54) is 6.92 Å². The maximum atomic E-state index is 10.8. The molecule has 0 saturated carbocycles. The van der Waals surface area contributed by atoms with Crippen LogP contribution in [-0.4, -0.2) is 51.3 Å². The van der Waals surface area contributed by atoms with E-state index in [9.17, 15) is 14.4 Å². The van der Waals surface area contributed by atoms with E-state index in [4.69, 9.17) is 15.3 Å². The van der Waals surface area contributed by atoms with Gasteiger partial charge in [-0.2, -0.15) is 0 Å². The van der Waals surface area contributed by atoms with Gasteiger partial charge >= 0.3 is 11.9 Å². The van der Waals surface area contributed by atoms with Crippen molar-refractivity contribution in [1.29, 1.82) is 0 Å². The number of rotatable bonds is 8. The molecular formula is C9H15NO6. The number of aliphatic hydroxyl groups excluding tert-OH is 1. The summed E-state index contributed by atoms with van der Waals surface area (Å²) in [5.41, 5.74) is 0. The zero-order chi connectivity index (χ0) is 12.7. The van der Waals surface area contributed by atoms with Crippen molar-refractivity contribution in [3.63, 3.8) is 0 Å². The molecule has 0 aliphatic rings. The molecule has 0 fully saturated rings. The summed E-state index contributed by atoms with van der Waals surface area (Å²) in [6.07, 6.45) is -1.13. The predicted molar refractivity (Wildman–Crippen MR) is 52.4 cm³/mol. The van der Waals surface area contributed by atoms with Gasteiger partial charge in [-0.15, -0.1) is 0 Å². The monoisotopic (exact) mass is 233 g/mol. The second-order valence-electron chi connectivity index (χ2n) is 3.40. The Bertz CT molecular complexity index is 265. The van der Waals surface area contributed by atoms with E-state index in [-0.39, 0.29) is 19.4 Å². The minimum atomic E-state index is -1.19. The lowest BCUT2D eigenvalue weighted by atomic mass is 10.0. The number of aliphatic hydroxyl groups is 1. The number of hydrogen-bond acceptors (Lipinski definition) is 4. The van der Waals surface area contributed by atoms with Crippen LogP contribution in [0.2, 0.25) is 0 Å². The van der Waals surface area contributed by atoms with Crippen molar-refractivity contribution in [3.05, 3.63) is 0 Å². The van der Waals surface area contributed by atoms with Gasteiger partial charge in [0, 0.05) is 13.0 Å². The van der Waals surface area contributed by atoms with Crippen molar-refractivity contribution in [2.24, 2.45) is 5.92 Å². The highest BCUT2D eigenvalue weighted by molar-refractivity contribution is 5.72. The van der Waals surface area contributed by atoms with Crippen LogP contribution in [-0.2, 0) is 14.4 Å². The van der Waals surface area contributed by atoms with Crippen LogP contribution < -0.4 is 0 Å². The van der Waals surface area contributed by atoms with Crippen molar-refractivity contribution < 1.29 is 29.7 Å². The van der Waals surface area contributed by atoms with E-state index in [1.807, 2.05) is 0 Å². The van der Waals surface area contributed by atoms with Crippen LogP contribution in [0.5, 0.6) is 0 Å². The molecular weight excluding hydrogens is 218 g/mol. The first kappa shape index (κ1) is 14.4. The molecule has 3 N–H and O–H groups in total. The molecule has 0 spiro atoms. The van der Waals surface area contributed by atoms with Crippen molar-refractivity contribution in [2.45, 2.75) is 26.0 Å². The maximum Gasteiger partial charge on any atom is 0.308 e. The third-order valence-corrected chi connectivity index (χ3v) is 2.10. The summed E-state index contributed by atoms with van der Waals surface area (Å²) in [7, 11) is 0. The Kier molecular flexibility index (Phi) is 6.09. The second-order valence-corrected chi connectivity index (χ2v) is 3.40. The maximum absolute atomic E-state index is 10.8. The zero-order valence-electron chi connectivity index (χ0n) is 8.87. The van der Waals surface area contributed by atoms with Crippen LogP contribution in [0.3, 0.4) is 0 Å². The average Bonchev–Trinajstić information content (AvgIpc) is 2.16. The summed E-state index contributed by atoms with van der Waals surface area (Å²) in [5, 5.41) is 26.3. The molecule has 0 aliphatic heterocycles. The summed E-state index contributed by atoms with van der Waals surface area (Å²) in [6.45, 7) is 1.12. The molecule has 0 aromatic rings. The molecule has 16 heavy (non-hydrogen) atoms. The number of amides is 1. The number of carboxylic acid groups (broad SMARTS) is 2. The standard InChI is InChI=1S/C9H15NO6/c1-6(12)10(5-11)4-7(9(15)16)2-3-8(13)14/h5-7,12H,2-4H2,1H3,(H,13,14)(H,15,16). The molecule has 2 atom stereocenters. The van der Waals surface area contributed by atoms with E-state index in [0.717, 1.165) is 4.90 Å². The van der Waals surface area contributed by atoms with E-state index in [1.54, 1.807) is 0 Å². The fraction of sp³-hybridized carbons (Fsp3) is 0.667. The number of hydrogen-bond donors (Lipinski definition) is 3. The van der Waals surface area contributed by atoms with E-state index in [0.29, 0.717) is 6.41 Å². The molecule has 0 rings (SSSR count). The molecule has 0 aromatic heterocycles. The van der Waals surface area contributed by atoms with E-state index >= 15 is 0 Å². The first-order chi connectivity index (χ1) is 7.38. The minimum absolute atomic E-state index is 0.0816. The highest BCUT2D eigenvalue weighted by Gasteiger charge is 2.23. The molecule has 0 bridgehead atoms. The first-order valence-corrected chi connectivity index (χ1v) is 4.72. The lowest BCUT2D eigenvalue weighted by Gasteiger charge is -2.23. The molecule has 92 valence electrons. The number of nitrogens with zero attached hydrogens (tertiary/aromatic N) is 1. The Morgan fingerprint density at radius 3 is 2.25 bits per heavy atom. The summed E-state index contributed by atoms with van der Waals surface area (Å²) >= 11 is 0. The Morgan fingerprint density at radius 1 is 1.38 bits per heavy atom. The quantitative estimate of drug-likeness (QED) is 0.379. The second kappa shape index (κ2) is 6.78. The van der Waals surface area contributed by atoms with Crippen LogP contribution in [0.15, 0.2) is 0 Å². The normalized spacial score (nSPS) is 13.9. The fourth-order valence-electron chi connectivity index (χ4n) is 1.13. The third-order valence-electron chi connectivity index (χ3n) is 2.10. The SMILES string of the molecule is CC(O)N(C=O)CC(CCC(=O)O)C(=O)O. The van der Waals surface area contributed by atoms with Gasteiger partial charge in [-0.3, -0.25) is 14.4 Å². The van der Waals surface area contributed by atoms with Crippen LogP contribution in [0.4, 0.5) is 0 Å². The number of aliphatic carboxylic acids is 2. The minimum Gasteiger partial charge on any atom is -0.481 e. The number of carboxylic acids is 2. The molecule has 0 aromatic carbocycles. The Balaban J connectivity index is 4.37. The Morgan fingerprint density at radius 2 is 1.94 bits per heavy atom. The number of carbonyl (C=O) groups excluding carboxylic acids is 1. The van der Waals surface area contributed by atoms with Gasteiger partial charge in [0.25, 0.3) is 0 Å². The summed E-state index contributed by atoms with van der Waals surface area (Å²) in [4.78, 5) is 32.5. The molecule has 2 unspecified atom stereocenters. The van der Waals surface area contributed by atoms with Gasteiger partial charge in [0.05, 0.1) is 5.92 Å². The molecule has 0 heterocycles. The van der Waals surface area contributed by atoms with Gasteiger partial charge in [-0.25, -0.2) is 0 Å². The van der Waals surface area contributed by atoms with Gasteiger partial charge in [-0.1, -0.05) is 0 Å². The van der Waals surface area contributed by atoms with Crippen LogP contribution >= 0.6 is 0 Å². The van der Waals surface area contributed by atoms with Gasteiger partial charge in [0.15, 0.2) is 0 Å². The molecule has 1 amide bonds. The average molecular weight is 233 g/mol. The summed E-state index contributed by atoms with van der Waals surface area (Å²) < 4.78 is 0. The highest BCUT2D eigenvalue weighted by atomic mass is 16.4. The van der Waals surface area contributed by atoms with Crippen molar-refractivity contribution in [2.75, 3.05) is 6.54 Å². The summed E-state index contributed by atoms with van der Waals surface area (Å²) in [6, 6.07) is 0. The molecule has 0 radical (unpaired) electrons. The van der Waals surface area contributed by atoms with Crippen molar-refractivity contribution >= 4 is 18.3 Å². The third kappa shape index (κ3) is 5.30. The molecule has 0 saturated heterocycles. The van der Waals surface area contributed by atoms with E-state index < -0.39 is 24.1 Å². The van der Waals surface area contributed by atoms with Crippen molar-refractivity contribution in [3.8, 4) is 0 Å². The van der Waals surface area contributed by atoms with Crippen molar-refractivity contribution in [1.82, 2.24) is 4.90 Å². The molecule has 7 heteroatoms. The van der Waals surface area contributed by atoms with Gasteiger partial charge in [-0.05, 0) is 13.3 Å². The van der Waals surface area contributed by atoms with Gasteiger partial charge in [0.1, 0.15) is 6.23 Å². The lowest BCUT2D eigenvalue weighted by Crippen LogP contribution is -2.38. The molecule has 7 nitrogen and oxygen atoms in total. The largest absolute Gasteiger partial charge is 0.481 e. The lowest BCUT2D eigenvalue weighted by molar-refractivity contribution is -0.145. The number of carbonyl (C=O) groups is 3. The van der Waals surface area contributed by atoms with Gasteiger partial charge < -0.3 is 20.2 Å². The van der Waals surface area contributed by atoms with Crippen LogP contribution in [0.25, 0.3) is 0 Å². The smallest absolute Gasteiger partial charge is 0.308 e. The fourth-order valence-corrected chi connectivity index (χ4v) is 1.13. The topological polar surface area (TPSA) is 115 Å². The molecule has 0 aliphatic carbocycles. The Labute approximate surface area is 92.3 Å². The zero-order valence-corrected chi connectivity index (χ0v) is 8.87. The predicted octanol–water partition coefficient (Wildman–Crippen LogP) is -0.651. The Hall–Kier alpha value is -1.63. The summed E-state index contributed by atoms with van der Waals surface area (Å²) in [5.74, 6) is -3.27. The van der Waals surface area contributed by atoms with E-state index in [2.05, 4.69) is 0 Å². The van der Waals surface area contributed by atoms with Crippen LogP contribution in [0, 0.1) is 5.92 Å². The van der Waals surface area contributed by atoms with Gasteiger partial charge in [0.2, 0.25) is 6.41 Å². The van der Waals surface area contributed by atoms with Crippen LogP contribution in [0.1, 0.15) is 19.8 Å². The highest BCUT2D eigenvalue weighted by Crippen LogP contribution is 2.10. The first-order valence-electron chi connectivity index (χ1n) is 4.72.